The molecule has 3 fully saturated rings. The first-order valence-corrected chi connectivity index (χ1v) is 12.5. The van der Waals surface area contributed by atoms with Crippen LogP contribution < -0.4 is 14.8 Å². The molecule has 0 bridgehead atoms. The third kappa shape index (κ3) is 4.80. The van der Waals surface area contributed by atoms with E-state index in [0.717, 1.165) is 38.8 Å². The molecule has 0 spiro atoms. The lowest BCUT2D eigenvalue weighted by Crippen LogP contribution is -2.54. The molecule has 180 valence electrons. The van der Waals surface area contributed by atoms with Crippen molar-refractivity contribution < 1.29 is 19.2 Å². The number of ether oxygens (including phenoxy) is 2. The van der Waals surface area contributed by atoms with Crippen LogP contribution in [0.2, 0.25) is 0 Å². The van der Waals surface area contributed by atoms with Gasteiger partial charge in [-0.1, -0.05) is 32.1 Å². The van der Waals surface area contributed by atoms with Crippen LogP contribution in [-0.4, -0.2) is 65.7 Å². The highest BCUT2D eigenvalue weighted by Crippen LogP contribution is 2.42. The summed E-state index contributed by atoms with van der Waals surface area (Å²) in [6.07, 6.45) is 10.6. The van der Waals surface area contributed by atoms with Crippen molar-refractivity contribution in [2.24, 2.45) is 0 Å². The first-order chi connectivity index (χ1) is 16.1. The minimum Gasteiger partial charge on any atom is -0.454 e. The number of nitro benzene ring substituents is 1. The molecule has 2 aliphatic carbocycles. The van der Waals surface area contributed by atoms with E-state index in [1.807, 2.05) is 0 Å². The number of carbonyl (C=O) groups excluding carboxylic acids is 1. The third-order valence-corrected chi connectivity index (χ3v) is 7.77. The second-order valence-corrected chi connectivity index (χ2v) is 9.78. The molecule has 5 rings (SSSR count). The maximum absolute atomic E-state index is 13.6. The summed E-state index contributed by atoms with van der Waals surface area (Å²) in [5.74, 6) is 0.688. The van der Waals surface area contributed by atoms with Gasteiger partial charge in [0.2, 0.25) is 12.7 Å². The van der Waals surface area contributed by atoms with Crippen molar-refractivity contribution in [1.29, 1.82) is 0 Å². The first-order valence-electron chi connectivity index (χ1n) is 12.5. The Morgan fingerprint density at radius 3 is 2.27 bits per heavy atom. The van der Waals surface area contributed by atoms with Gasteiger partial charge in [0.15, 0.2) is 11.5 Å². The van der Waals surface area contributed by atoms with Gasteiger partial charge in [-0.05, 0) is 31.7 Å². The summed E-state index contributed by atoms with van der Waals surface area (Å²) >= 11 is 0. The summed E-state index contributed by atoms with van der Waals surface area (Å²) in [7, 11) is 0. The Hall–Kier alpha value is -2.39. The average Bonchev–Trinajstić information content (AvgIpc) is 3.51. The van der Waals surface area contributed by atoms with Gasteiger partial charge in [-0.2, -0.15) is 0 Å². The van der Waals surface area contributed by atoms with E-state index in [1.54, 1.807) is 6.07 Å². The van der Waals surface area contributed by atoms with Crippen molar-refractivity contribution in [3.05, 3.63) is 27.8 Å². The van der Waals surface area contributed by atoms with Crippen molar-refractivity contribution in [2.45, 2.75) is 75.9 Å². The smallest absolute Gasteiger partial charge is 0.278 e. The number of carbonyl (C=O) groups is 1. The van der Waals surface area contributed by atoms with Crippen LogP contribution in [0.4, 0.5) is 5.69 Å². The highest BCUT2D eigenvalue weighted by molar-refractivity contribution is 5.85. The van der Waals surface area contributed by atoms with Gasteiger partial charge in [0.05, 0.1) is 16.6 Å². The second kappa shape index (κ2) is 9.85. The fourth-order valence-electron chi connectivity index (χ4n) is 5.99. The van der Waals surface area contributed by atoms with Gasteiger partial charge in [-0.25, -0.2) is 0 Å². The molecule has 1 atom stereocenters. The summed E-state index contributed by atoms with van der Waals surface area (Å²) in [6.45, 7) is 3.23. The molecule has 1 aromatic rings. The van der Waals surface area contributed by atoms with Gasteiger partial charge in [0, 0.05) is 38.3 Å². The Labute approximate surface area is 194 Å². The zero-order valence-corrected chi connectivity index (χ0v) is 19.2. The van der Waals surface area contributed by atoms with Crippen molar-refractivity contribution in [2.75, 3.05) is 33.0 Å². The minimum atomic E-state index is -0.714. The molecule has 1 aromatic carbocycles. The molecule has 1 saturated heterocycles. The Kier molecular flexibility index (Phi) is 6.69. The molecule has 9 heteroatoms. The number of hydrogen-bond acceptors (Lipinski definition) is 7. The number of piperazine rings is 1. The van der Waals surface area contributed by atoms with E-state index >= 15 is 0 Å². The molecule has 2 aliphatic heterocycles. The zero-order chi connectivity index (χ0) is 22.8. The zero-order valence-electron chi connectivity index (χ0n) is 19.2. The number of benzene rings is 1. The fourth-order valence-corrected chi connectivity index (χ4v) is 5.99. The number of fused-ring (bicyclic) bond motifs is 1. The van der Waals surface area contributed by atoms with E-state index in [9.17, 15) is 14.9 Å². The Morgan fingerprint density at radius 2 is 1.61 bits per heavy atom. The van der Waals surface area contributed by atoms with Crippen LogP contribution in [0.1, 0.15) is 69.4 Å². The van der Waals surface area contributed by atoms with Crippen molar-refractivity contribution in [3.63, 3.8) is 0 Å². The van der Waals surface area contributed by atoms with Crippen LogP contribution >= 0.6 is 0 Å². The number of nitro groups is 1. The van der Waals surface area contributed by atoms with Crippen molar-refractivity contribution in [1.82, 2.24) is 15.1 Å². The lowest BCUT2D eigenvalue weighted by molar-refractivity contribution is -0.386. The van der Waals surface area contributed by atoms with Crippen LogP contribution in [0.5, 0.6) is 11.5 Å². The summed E-state index contributed by atoms with van der Waals surface area (Å²) in [4.78, 5) is 29.8. The Morgan fingerprint density at radius 1 is 0.970 bits per heavy atom. The summed E-state index contributed by atoms with van der Waals surface area (Å²) in [5.41, 5.74) is 0.311. The predicted molar refractivity (Wildman–Crippen MR) is 122 cm³/mol. The van der Waals surface area contributed by atoms with E-state index in [1.165, 1.54) is 38.2 Å². The lowest BCUT2D eigenvalue weighted by Gasteiger charge is -2.43. The maximum Gasteiger partial charge on any atom is 0.278 e. The average molecular weight is 459 g/mol. The number of nitrogens with one attached hydrogen (secondary N) is 1. The molecule has 0 unspecified atom stereocenters. The van der Waals surface area contributed by atoms with Gasteiger partial charge >= 0.3 is 0 Å². The van der Waals surface area contributed by atoms with Gasteiger partial charge in [-0.15, -0.1) is 0 Å². The molecule has 0 radical (unpaired) electrons. The van der Waals surface area contributed by atoms with Gasteiger partial charge < -0.3 is 14.8 Å². The van der Waals surface area contributed by atoms with Crippen molar-refractivity contribution in [3.8, 4) is 11.5 Å². The molecule has 1 amide bonds. The van der Waals surface area contributed by atoms with E-state index in [4.69, 9.17) is 9.47 Å². The normalized spacial score (nSPS) is 23.5. The van der Waals surface area contributed by atoms with E-state index < -0.39 is 11.0 Å². The van der Waals surface area contributed by atoms with Crippen LogP contribution in [-0.2, 0) is 4.79 Å². The maximum atomic E-state index is 13.6. The highest BCUT2D eigenvalue weighted by Gasteiger charge is 2.38. The van der Waals surface area contributed by atoms with Gasteiger partial charge in [0.25, 0.3) is 5.69 Å². The molecule has 1 N–H and O–H groups in total. The Balaban J connectivity index is 1.41. The van der Waals surface area contributed by atoms with E-state index in [0.29, 0.717) is 36.2 Å². The highest BCUT2D eigenvalue weighted by atomic mass is 16.7. The van der Waals surface area contributed by atoms with Crippen LogP contribution in [0.15, 0.2) is 12.1 Å². The summed E-state index contributed by atoms with van der Waals surface area (Å²) in [5, 5.41) is 15.2. The van der Waals surface area contributed by atoms with Crippen molar-refractivity contribution >= 4 is 11.6 Å². The Bertz CT molecular complexity index is 874. The first kappa shape index (κ1) is 22.4. The number of rotatable bonds is 6. The van der Waals surface area contributed by atoms with Crippen LogP contribution in [0, 0.1) is 10.1 Å². The third-order valence-electron chi connectivity index (χ3n) is 7.77. The quantitative estimate of drug-likeness (QED) is 0.516. The van der Waals surface area contributed by atoms with E-state index in [2.05, 4.69) is 15.1 Å². The molecule has 2 saturated carbocycles. The summed E-state index contributed by atoms with van der Waals surface area (Å²) in [6, 6.07) is 3.12. The number of nitrogens with zero attached hydrogens (tertiary/aromatic N) is 3. The summed E-state index contributed by atoms with van der Waals surface area (Å²) < 4.78 is 10.9. The fraction of sp³-hybridized carbons (Fsp3) is 0.708. The number of amides is 1. The molecule has 9 nitrogen and oxygen atoms in total. The standard InChI is InChI=1S/C24H34N4O5/c29-24(25-17-6-4-5-7-17)23(19-14-21-22(33-16-32-21)15-20(19)28(30)31)27-12-10-26(11-13-27)18-8-2-1-3-9-18/h14-15,17-18,23H,1-13,16H2,(H,25,29)/t23-/m0/s1. The molecule has 2 heterocycles. The lowest BCUT2D eigenvalue weighted by atomic mass is 9.93. The molecular formula is C24H34N4O5. The van der Waals surface area contributed by atoms with Gasteiger partial charge in [0.1, 0.15) is 6.04 Å². The SMILES string of the molecule is O=C(NC1CCCC1)[C@H](c1cc2c(cc1[N+](=O)[O-])OCO2)N1CCN(C2CCCCC2)CC1. The molecule has 0 aromatic heterocycles. The molecule has 33 heavy (non-hydrogen) atoms. The van der Waals surface area contributed by atoms with Crippen LogP contribution in [0.3, 0.4) is 0 Å². The minimum absolute atomic E-state index is 0.0366. The monoisotopic (exact) mass is 458 g/mol. The molecule has 4 aliphatic rings. The molecular weight excluding hydrogens is 424 g/mol. The number of hydrogen-bond donors (Lipinski definition) is 1. The van der Waals surface area contributed by atoms with E-state index in [-0.39, 0.29) is 24.4 Å². The second-order valence-electron chi connectivity index (χ2n) is 9.78. The topological polar surface area (TPSA) is 97.2 Å². The largest absolute Gasteiger partial charge is 0.454 e. The van der Waals surface area contributed by atoms with Crippen LogP contribution in [0.25, 0.3) is 0 Å². The predicted octanol–water partition coefficient (Wildman–Crippen LogP) is 3.37. The van der Waals surface area contributed by atoms with Gasteiger partial charge in [-0.3, -0.25) is 24.7 Å².